The molecule has 0 saturated carbocycles. The van der Waals surface area contributed by atoms with Crippen molar-refractivity contribution in [3.63, 3.8) is 0 Å². The van der Waals surface area contributed by atoms with E-state index >= 15 is 0 Å². The number of aromatic nitrogens is 1. The number of hydrogen-bond donors (Lipinski definition) is 0. The number of nitrogens with zero attached hydrogens (tertiary/aromatic N) is 1. The summed E-state index contributed by atoms with van der Waals surface area (Å²) in [4.78, 5) is 15.6. The first-order valence-corrected chi connectivity index (χ1v) is 5.31. The van der Waals surface area contributed by atoms with Gasteiger partial charge in [0.2, 0.25) is 0 Å². The Bertz CT molecular complexity index is 549. The van der Waals surface area contributed by atoms with E-state index in [4.69, 9.17) is 4.74 Å². The van der Waals surface area contributed by atoms with Gasteiger partial charge >= 0.3 is 0 Å². The van der Waals surface area contributed by atoms with Crippen molar-refractivity contribution >= 4 is 5.78 Å². The molecule has 0 amide bonds. The van der Waals surface area contributed by atoms with Gasteiger partial charge in [0, 0.05) is 17.3 Å². The molecule has 1 aromatic heterocycles. The van der Waals surface area contributed by atoms with Crippen LogP contribution in [-0.2, 0) is 0 Å². The van der Waals surface area contributed by atoms with E-state index in [1.807, 2.05) is 30.3 Å². The lowest BCUT2D eigenvalue weighted by molar-refractivity contribution is 0.101. The minimum atomic E-state index is 0.0448. The molecule has 2 rings (SSSR count). The third-order valence-electron chi connectivity index (χ3n) is 2.57. The Balaban J connectivity index is 2.56. The molecule has 0 saturated heterocycles. The Morgan fingerprint density at radius 1 is 1.24 bits per heavy atom. The van der Waals surface area contributed by atoms with Crippen LogP contribution < -0.4 is 4.74 Å². The van der Waals surface area contributed by atoms with Crippen molar-refractivity contribution in [1.82, 2.24) is 4.98 Å². The van der Waals surface area contributed by atoms with Gasteiger partial charge in [-0.3, -0.25) is 9.78 Å². The van der Waals surface area contributed by atoms with Crippen molar-refractivity contribution < 1.29 is 9.53 Å². The average Bonchev–Trinajstić information content (AvgIpc) is 2.39. The topological polar surface area (TPSA) is 39.2 Å². The summed E-state index contributed by atoms with van der Waals surface area (Å²) in [5.74, 6) is 0.726. The minimum absolute atomic E-state index is 0.0448. The summed E-state index contributed by atoms with van der Waals surface area (Å²) < 4.78 is 5.13. The van der Waals surface area contributed by atoms with Gasteiger partial charge in [0.1, 0.15) is 5.75 Å². The highest BCUT2D eigenvalue weighted by molar-refractivity contribution is 6.00. The second-order valence-electron chi connectivity index (χ2n) is 3.72. The summed E-state index contributed by atoms with van der Waals surface area (Å²) in [5, 5.41) is 0. The molecule has 0 radical (unpaired) electrons. The maximum Gasteiger partial charge on any atom is 0.160 e. The van der Waals surface area contributed by atoms with E-state index in [0.717, 1.165) is 11.1 Å². The molecule has 0 aliphatic rings. The van der Waals surface area contributed by atoms with Gasteiger partial charge in [-0.05, 0) is 18.6 Å². The highest BCUT2D eigenvalue weighted by Crippen LogP contribution is 2.26. The van der Waals surface area contributed by atoms with Crippen molar-refractivity contribution in [2.75, 3.05) is 7.11 Å². The second-order valence-corrected chi connectivity index (χ2v) is 3.72. The summed E-state index contributed by atoms with van der Waals surface area (Å²) in [5.41, 5.74) is 2.46. The molecule has 0 fully saturated rings. The van der Waals surface area contributed by atoms with E-state index < -0.39 is 0 Å². The van der Waals surface area contributed by atoms with Crippen LogP contribution in [-0.4, -0.2) is 17.9 Å². The predicted octanol–water partition coefficient (Wildman–Crippen LogP) is 2.96. The fourth-order valence-electron chi connectivity index (χ4n) is 1.72. The maximum atomic E-state index is 11.5. The van der Waals surface area contributed by atoms with E-state index in [1.54, 1.807) is 26.4 Å². The third kappa shape index (κ3) is 2.33. The number of carbonyl (C=O) groups excluding carboxylic acids is 1. The van der Waals surface area contributed by atoms with Crippen LogP contribution in [0.5, 0.6) is 5.75 Å². The molecule has 86 valence electrons. The van der Waals surface area contributed by atoms with Crippen LogP contribution in [0.2, 0.25) is 0 Å². The Morgan fingerprint density at radius 3 is 2.71 bits per heavy atom. The van der Waals surface area contributed by atoms with Gasteiger partial charge < -0.3 is 4.74 Å². The molecule has 0 bridgehead atoms. The summed E-state index contributed by atoms with van der Waals surface area (Å²) in [6.07, 6.45) is 3.37. The monoisotopic (exact) mass is 227 g/mol. The van der Waals surface area contributed by atoms with Crippen LogP contribution in [0, 0.1) is 0 Å². The summed E-state index contributed by atoms with van der Waals surface area (Å²) in [6.45, 7) is 1.56. The third-order valence-corrected chi connectivity index (χ3v) is 2.57. The molecule has 0 unspecified atom stereocenters. The fourth-order valence-corrected chi connectivity index (χ4v) is 1.72. The predicted molar refractivity (Wildman–Crippen MR) is 66.2 cm³/mol. The van der Waals surface area contributed by atoms with Gasteiger partial charge in [-0.1, -0.05) is 24.3 Å². The number of hydrogen-bond acceptors (Lipinski definition) is 3. The Labute approximate surface area is 100 Å². The molecule has 0 atom stereocenters. The van der Waals surface area contributed by atoms with Crippen molar-refractivity contribution in [2.24, 2.45) is 0 Å². The van der Waals surface area contributed by atoms with Crippen molar-refractivity contribution in [3.05, 3.63) is 48.3 Å². The van der Waals surface area contributed by atoms with Gasteiger partial charge in [0.15, 0.2) is 5.78 Å². The molecular weight excluding hydrogens is 214 g/mol. The van der Waals surface area contributed by atoms with Crippen molar-refractivity contribution in [3.8, 4) is 16.9 Å². The first-order valence-electron chi connectivity index (χ1n) is 5.31. The summed E-state index contributed by atoms with van der Waals surface area (Å²) in [7, 11) is 1.59. The van der Waals surface area contributed by atoms with E-state index in [9.17, 15) is 4.79 Å². The molecule has 17 heavy (non-hydrogen) atoms. The Kier molecular flexibility index (Phi) is 3.19. The lowest BCUT2D eigenvalue weighted by Crippen LogP contribution is -1.96. The van der Waals surface area contributed by atoms with E-state index in [2.05, 4.69) is 4.98 Å². The standard InChI is InChI=1S/C14H13NO2/c1-10(16)13-5-3-4-6-14(13)11-7-12(17-2)9-15-8-11/h3-9H,1-2H3. The van der Waals surface area contributed by atoms with Crippen LogP contribution in [0.4, 0.5) is 0 Å². The number of rotatable bonds is 3. The van der Waals surface area contributed by atoms with Crippen LogP contribution in [0.15, 0.2) is 42.7 Å². The van der Waals surface area contributed by atoms with Crippen LogP contribution in [0.25, 0.3) is 11.1 Å². The summed E-state index contributed by atoms with van der Waals surface area (Å²) >= 11 is 0. The van der Waals surface area contributed by atoms with Crippen LogP contribution in [0.3, 0.4) is 0 Å². The average molecular weight is 227 g/mol. The maximum absolute atomic E-state index is 11.5. The smallest absolute Gasteiger partial charge is 0.160 e. The first kappa shape index (κ1) is 11.3. The molecule has 1 heterocycles. The zero-order chi connectivity index (χ0) is 12.3. The molecule has 0 N–H and O–H groups in total. The highest BCUT2D eigenvalue weighted by Gasteiger charge is 2.09. The number of carbonyl (C=O) groups is 1. The van der Waals surface area contributed by atoms with E-state index in [0.29, 0.717) is 11.3 Å². The molecule has 3 nitrogen and oxygen atoms in total. The van der Waals surface area contributed by atoms with Crippen LogP contribution >= 0.6 is 0 Å². The number of Topliss-reactive ketones (excluding diaryl/α,β-unsaturated/α-hetero) is 1. The van der Waals surface area contributed by atoms with Crippen molar-refractivity contribution in [1.29, 1.82) is 0 Å². The second kappa shape index (κ2) is 4.78. The van der Waals surface area contributed by atoms with Gasteiger partial charge in [-0.2, -0.15) is 0 Å². The summed E-state index contributed by atoms with van der Waals surface area (Å²) in [6, 6.07) is 9.36. The number of pyridine rings is 1. The van der Waals surface area contributed by atoms with Crippen LogP contribution in [0.1, 0.15) is 17.3 Å². The van der Waals surface area contributed by atoms with Crippen molar-refractivity contribution in [2.45, 2.75) is 6.92 Å². The lowest BCUT2D eigenvalue weighted by Gasteiger charge is -2.07. The molecule has 3 heteroatoms. The molecular formula is C14H13NO2. The molecule has 0 aliphatic carbocycles. The minimum Gasteiger partial charge on any atom is -0.495 e. The highest BCUT2D eigenvalue weighted by atomic mass is 16.5. The van der Waals surface area contributed by atoms with E-state index in [-0.39, 0.29) is 5.78 Å². The first-order chi connectivity index (χ1) is 8.22. The quantitative estimate of drug-likeness (QED) is 0.757. The number of methoxy groups -OCH3 is 1. The normalized spacial score (nSPS) is 10.0. The molecule has 0 spiro atoms. The van der Waals surface area contributed by atoms with E-state index in [1.165, 1.54) is 0 Å². The number of ether oxygens (including phenoxy) is 1. The zero-order valence-electron chi connectivity index (χ0n) is 9.81. The largest absolute Gasteiger partial charge is 0.495 e. The molecule has 1 aromatic carbocycles. The van der Waals surface area contributed by atoms with Gasteiger partial charge in [0.25, 0.3) is 0 Å². The SMILES string of the molecule is COc1cncc(-c2ccccc2C(C)=O)c1. The van der Waals surface area contributed by atoms with Gasteiger partial charge in [-0.15, -0.1) is 0 Å². The molecule has 2 aromatic rings. The number of ketones is 1. The molecule has 0 aliphatic heterocycles. The number of benzene rings is 1. The fraction of sp³-hybridized carbons (Fsp3) is 0.143. The zero-order valence-corrected chi connectivity index (χ0v) is 9.81. The Morgan fingerprint density at radius 2 is 2.00 bits per heavy atom. The lowest BCUT2D eigenvalue weighted by atomic mass is 9.99. The Hall–Kier alpha value is -2.16. The van der Waals surface area contributed by atoms with Gasteiger partial charge in [0.05, 0.1) is 13.3 Å². The van der Waals surface area contributed by atoms with Gasteiger partial charge in [-0.25, -0.2) is 0 Å².